The number of aromatic nitrogens is 1. The number of halogens is 4. The first-order valence-electron chi connectivity index (χ1n) is 8.08. The molecule has 0 saturated heterocycles. The molecule has 6 nitrogen and oxygen atoms in total. The molecule has 10 heteroatoms. The van der Waals surface area contributed by atoms with Gasteiger partial charge < -0.3 is 10.9 Å². The zero-order chi connectivity index (χ0) is 20.2. The SMILES string of the molecule is Cc1ccc(C(F)(F)C(O)(CN(N)/C=N\N)C2=C(CF)C=C(F)CC2)nc1. The maximum atomic E-state index is 15.4. The van der Waals surface area contributed by atoms with Crippen LogP contribution >= 0.6 is 0 Å². The van der Waals surface area contributed by atoms with Gasteiger partial charge in [-0.05, 0) is 42.2 Å². The van der Waals surface area contributed by atoms with E-state index in [0.717, 1.165) is 18.5 Å². The Morgan fingerprint density at radius 3 is 2.63 bits per heavy atom. The van der Waals surface area contributed by atoms with E-state index in [2.05, 4.69) is 10.1 Å². The summed E-state index contributed by atoms with van der Waals surface area (Å²) in [4.78, 5) is 3.70. The van der Waals surface area contributed by atoms with Crippen LogP contribution in [0.1, 0.15) is 24.1 Å². The van der Waals surface area contributed by atoms with Gasteiger partial charge in [0, 0.05) is 12.6 Å². The van der Waals surface area contributed by atoms with Crippen LogP contribution in [-0.2, 0) is 5.92 Å². The summed E-state index contributed by atoms with van der Waals surface area (Å²) in [6, 6.07) is 2.47. The van der Waals surface area contributed by atoms with Crippen LogP contribution < -0.4 is 11.7 Å². The summed E-state index contributed by atoms with van der Waals surface area (Å²) < 4.78 is 57.7. The number of rotatable bonds is 7. The molecule has 0 fully saturated rings. The van der Waals surface area contributed by atoms with Gasteiger partial charge in [-0.15, -0.1) is 0 Å². The first-order valence-corrected chi connectivity index (χ1v) is 8.08. The fourth-order valence-electron chi connectivity index (χ4n) is 2.99. The Hall–Kier alpha value is -2.46. The number of hydrazine groups is 1. The van der Waals surface area contributed by atoms with Gasteiger partial charge in [0.05, 0.1) is 6.54 Å². The number of pyridine rings is 1. The summed E-state index contributed by atoms with van der Waals surface area (Å²) in [6.45, 7) is -0.429. The molecule has 1 unspecified atom stereocenters. The second kappa shape index (κ2) is 8.05. The first-order chi connectivity index (χ1) is 12.7. The molecule has 0 saturated carbocycles. The topological polar surface area (TPSA) is 101 Å². The highest BCUT2D eigenvalue weighted by Crippen LogP contribution is 2.46. The van der Waals surface area contributed by atoms with E-state index < -0.39 is 36.3 Å². The molecule has 2 rings (SSSR count). The molecular formula is C17H21F4N5O. The molecule has 148 valence electrons. The van der Waals surface area contributed by atoms with Crippen LogP contribution in [0.3, 0.4) is 0 Å². The summed E-state index contributed by atoms with van der Waals surface area (Å²) >= 11 is 0. The van der Waals surface area contributed by atoms with Crippen LogP contribution in [0.2, 0.25) is 0 Å². The van der Waals surface area contributed by atoms with Gasteiger partial charge in [-0.2, -0.15) is 13.9 Å². The standard InChI is InChI=1S/C17H21F4N5O/c1-11-2-5-15(24-8-11)17(20,21)16(27,9-26(23)10-25-22)14-4-3-13(19)6-12(14)7-18/h2,5-6,8,10,27H,3-4,7,9,22-23H2,1H3/b25-10-. The summed E-state index contributed by atoms with van der Waals surface area (Å²) in [7, 11) is 0. The minimum absolute atomic E-state index is 0.242. The molecule has 1 heterocycles. The third-order valence-electron chi connectivity index (χ3n) is 4.35. The largest absolute Gasteiger partial charge is 0.377 e. The molecule has 0 aromatic carbocycles. The molecule has 1 aliphatic carbocycles. The average Bonchev–Trinajstić information content (AvgIpc) is 2.61. The monoisotopic (exact) mass is 387 g/mol. The molecule has 1 atom stereocenters. The number of allylic oxidation sites excluding steroid dienone is 3. The molecule has 0 radical (unpaired) electrons. The van der Waals surface area contributed by atoms with Gasteiger partial charge in [0.25, 0.3) is 0 Å². The molecule has 0 aliphatic heterocycles. The number of nitrogens with two attached hydrogens (primary N) is 2. The van der Waals surface area contributed by atoms with Crippen molar-refractivity contribution < 1.29 is 22.7 Å². The number of aryl methyl sites for hydroxylation is 1. The first kappa shape index (κ1) is 20.8. The second-order valence-corrected chi connectivity index (χ2v) is 6.32. The van der Waals surface area contributed by atoms with E-state index in [1.807, 2.05) is 0 Å². The van der Waals surface area contributed by atoms with Gasteiger partial charge in [-0.25, -0.2) is 14.6 Å². The maximum absolute atomic E-state index is 15.4. The molecule has 1 aromatic heterocycles. The Morgan fingerprint density at radius 1 is 1.37 bits per heavy atom. The van der Waals surface area contributed by atoms with Crippen LogP contribution in [-0.4, -0.2) is 40.3 Å². The van der Waals surface area contributed by atoms with Gasteiger partial charge >= 0.3 is 5.92 Å². The van der Waals surface area contributed by atoms with Crippen LogP contribution in [0, 0.1) is 6.92 Å². The third kappa shape index (κ3) is 4.11. The summed E-state index contributed by atoms with van der Waals surface area (Å²) in [6.07, 6.45) is 2.33. The van der Waals surface area contributed by atoms with E-state index in [1.165, 1.54) is 12.3 Å². The highest BCUT2D eigenvalue weighted by atomic mass is 19.3. The van der Waals surface area contributed by atoms with Gasteiger partial charge in [0.1, 0.15) is 24.5 Å². The van der Waals surface area contributed by atoms with Gasteiger partial charge in [-0.1, -0.05) is 6.07 Å². The van der Waals surface area contributed by atoms with E-state index in [9.17, 15) is 13.9 Å². The van der Waals surface area contributed by atoms with Gasteiger partial charge in [0.2, 0.25) is 0 Å². The van der Waals surface area contributed by atoms with Crippen molar-refractivity contribution in [1.82, 2.24) is 9.99 Å². The minimum atomic E-state index is -3.96. The molecule has 1 aliphatic rings. The Labute approximate surface area is 153 Å². The van der Waals surface area contributed by atoms with Crippen molar-refractivity contribution in [2.75, 3.05) is 13.2 Å². The Balaban J connectivity index is 2.64. The summed E-state index contributed by atoms with van der Waals surface area (Å²) in [5.74, 6) is 5.93. The van der Waals surface area contributed by atoms with Crippen molar-refractivity contribution in [3.8, 4) is 0 Å². The number of hydrogen-bond donors (Lipinski definition) is 3. The van der Waals surface area contributed by atoms with Crippen molar-refractivity contribution in [1.29, 1.82) is 0 Å². The number of hydrazone groups is 1. The van der Waals surface area contributed by atoms with Crippen molar-refractivity contribution in [2.45, 2.75) is 31.3 Å². The summed E-state index contributed by atoms with van der Waals surface area (Å²) in [5.41, 5.74) is -3.76. The predicted octanol–water partition coefficient (Wildman–Crippen LogP) is 2.20. The summed E-state index contributed by atoms with van der Waals surface area (Å²) in [5, 5.41) is 14.9. The molecule has 1 aromatic rings. The zero-order valence-corrected chi connectivity index (χ0v) is 14.7. The maximum Gasteiger partial charge on any atom is 0.323 e. The smallest absolute Gasteiger partial charge is 0.323 e. The van der Waals surface area contributed by atoms with E-state index in [-0.39, 0.29) is 24.0 Å². The normalized spacial score (nSPS) is 17.8. The van der Waals surface area contributed by atoms with E-state index in [1.54, 1.807) is 6.92 Å². The minimum Gasteiger partial charge on any atom is -0.377 e. The highest BCUT2D eigenvalue weighted by molar-refractivity contribution is 5.54. The average molecular weight is 387 g/mol. The molecule has 0 spiro atoms. The zero-order valence-electron chi connectivity index (χ0n) is 14.7. The van der Waals surface area contributed by atoms with Gasteiger partial charge in [0.15, 0.2) is 5.60 Å². The van der Waals surface area contributed by atoms with E-state index >= 15 is 8.78 Å². The number of aliphatic hydroxyl groups is 1. The van der Waals surface area contributed by atoms with Gasteiger partial charge in [-0.3, -0.25) is 9.99 Å². The lowest BCUT2D eigenvalue weighted by atomic mass is 9.78. The fraction of sp³-hybridized carbons (Fsp3) is 0.412. The van der Waals surface area contributed by atoms with Crippen molar-refractivity contribution in [3.05, 3.63) is 52.6 Å². The fourth-order valence-corrected chi connectivity index (χ4v) is 2.99. The van der Waals surface area contributed by atoms with Crippen LogP contribution in [0.4, 0.5) is 17.6 Å². The molecule has 5 N–H and O–H groups in total. The molecule has 27 heavy (non-hydrogen) atoms. The van der Waals surface area contributed by atoms with Crippen molar-refractivity contribution in [2.24, 2.45) is 16.8 Å². The highest BCUT2D eigenvalue weighted by Gasteiger charge is 2.58. The van der Waals surface area contributed by atoms with E-state index in [4.69, 9.17) is 11.7 Å². The Morgan fingerprint density at radius 2 is 2.07 bits per heavy atom. The van der Waals surface area contributed by atoms with Crippen molar-refractivity contribution in [3.63, 3.8) is 0 Å². The molecule has 0 bridgehead atoms. The van der Waals surface area contributed by atoms with Crippen LogP contribution in [0.25, 0.3) is 0 Å². The van der Waals surface area contributed by atoms with Crippen LogP contribution in [0.15, 0.2) is 46.5 Å². The number of nitrogens with zero attached hydrogens (tertiary/aromatic N) is 3. The lowest BCUT2D eigenvalue weighted by Gasteiger charge is -2.40. The lowest BCUT2D eigenvalue weighted by molar-refractivity contribution is -0.176. The molecule has 0 amide bonds. The lowest BCUT2D eigenvalue weighted by Crippen LogP contribution is -2.57. The number of hydrogen-bond acceptors (Lipinski definition) is 5. The predicted molar refractivity (Wildman–Crippen MR) is 92.8 cm³/mol. The van der Waals surface area contributed by atoms with E-state index in [0.29, 0.717) is 10.6 Å². The van der Waals surface area contributed by atoms with Crippen LogP contribution in [0.5, 0.6) is 0 Å². The Bertz CT molecular complexity index is 763. The quantitative estimate of drug-likeness (QED) is 0.219. The number of alkyl halides is 3. The molecular weight excluding hydrogens is 366 g/mol. The third-order valence-corrected chi connectivity index (χ3v) is 4.35. The Kier molecular flexibility index (Phi) is 6.22. The van der Waals surface area contributed by atoms with Crippen molar-refractivity contribution >= 4 is 6.34 Å². The second-order valence-electron chi connectivity index (χ2n) is 6.32.